The van der Waals surface area contributed by atoms with Crippen LogP contribution in [0.5, 0.6) is 0 Å². The summed E-state index contributed by atoms with van der Waals surface area (Å²) in [5, 5.41) is 12.8. The molecule has 0 radical (unpaired) electrons. The van der Waals surface area contributed by atoms with Crippen molar-refractivity contribution in [3.8, 4) is 0 Å². The Morgan fingerprint density at radius 2 is 1.68 bits per heavy atom. The lowest BCUT2D eigenvalue weighted by molar-refractivity contribution is -0.128. The van der Waals surface area contributed by atoms with Crippen molar-refractivity contribution in [1.82, 2.24) is 15.6 Å². The Morgan fingerprint density at radius 3 is 2.08 bits per heavy atom. The van der Waals surface area contributed by atoms with Crippen molar-refractivity contribution < 1.29 is 27.9 Å². The van der Waals surface area contributed by atoms with E-state index in [9.17, 15) is 23.1 Å². The Bertz CT molecular complexity index is 556. The molecule has 0 fully saturated rings. The van der Waals surface area contributed by atoms with Crippen LogP contribution in [0, 0.1) is 11.8 Å². The number of alkyl carbamates (subject to hydrolysis) is 1. The van der Waals surface area contributed by atoms with E-state index in [-0.39, 0.29) is 12.3 Å². The average Bonchev–Trinajstić information content (AvgIpc) is 2.38. The van der Waals surface area contributed by atoms with Crippen LogP contribution in [0.3, 0.4) is 0 Å². The molecule has 4 N–H and O–H groups in total. The fourth-order valence-electron chi connectivity index (χ4n) is 1.97. The van der Waals surface area contributed by atoms with Crippen LogP contribution >= 0.6 is 0 Å². The molecule has 0 aliphatic rings. The predicted octanol–water partition coefficient (Wildman–Crippen LogP) is 0.503. The second kappa shape index (κ2) is 9.35. The first-order valence-corrected chi connectivity index (χ1v) is 9.95. The lowest BCUT2D eigenvalue weighted by Crippen LogP contribution is -2.48. The number of carbonyl (C=O) groups is 2. The molecule has 9 nitrogen and oxygen atoms in total. The molecule has 25 heavy (non-hydrogen) atoms. The maximum Gasteiger partial charge on any atom is 0.407 e. The van der Waals surface area contributed by atoms with Gasteiger partial charge in [-0.1, -0.05) is 13.8 Å². The maximum atomic E-state index is 12.1. The lowest BCUT2D eigenvalue weighted by Gasteiger charge is -2.27. The Kier molecular flexibility index (Phi) is 8.83. The van der Waals surface area contributed by atoms with E-state index in [1.54, 1.807) is 41.5 Å². The van der Waals surface area contributed by atoms with Crippen LogP contribution in [0.15, 0.2) is 0 Å². The summed E-state index contributed by atoms with van der Waals surface area (Å²) >= 11 is 0. The fraction of sp³-hybridized carbons (Fsp3) is 0.867. The number of amides is 2. The number of aliphatic hydroxyl groups excluding tert-OH is 1. The molecular formula is C15H31N3O6S. The summed E-state index contributed by atoms with van der Waals surface area (Å²) in [6, 6.07) is -0.647. The summed E-state index contributed by atoms with van der Waals surface area (Å²) in [6.07, 6.45) is -0.710. The number of hydrazine groups is 1. The van der Waals surface area contributed by atoms with Crippen LogP contribution in [0.1, 0.15) is 48.0 Å². The quantitative estimate of drug-likeness (QED) is 0.453. The summed E-state index contributed by atoms with van der Waals surface area (Å²) in [5.41, 5.74) is 1.46. The monoisotopic (exact) mass is 381 g/mol. The molecule has 10 heteroatoms. The highest BCUT2D eigenvalue weighted by Gasteiger charge is 2.29. The Balaban J connectivity index is 4.74. The normalized spacial score (nSPS) is 16.0. The zero-order chi connectivity index (χ0) is 20.0. The van der Waals surface area contributed by atoms with Gasteiger partial charge >= 0.3 is 6.09 Å². The smallest absolute Gasteiger partial charge is 0.407 e. The standard InChI is InChI=1S/C15H31N3O6S/c1-9(2)11(13(20)17-18-25(7,22)23)8-12(19)10(3)16-14(21)24-15(4,5)6/h9-12,18-19H,8H2,1-7H3,(H,16,21)(H,17,20)/t10-,11-,12-/m0/s1. The Labute approximate surface area is 149 Å². The molecule has 0 aromatic heterocycles. The molecule has 0 heterocycles. The molecule has 2 amide bonds. The van der Waals surface area contributed by atoms with Gasteiger partial charge in [0.05, 0.1) is 18.4 Å². The van der Waals surface area contributed by atoms with E-state index in [1.165, 1.54) is 0 Å². The SMILES string of the molecule is CC(C)[C@H](C[C@H](O)[C@H](C)NC(=O)OC(C)(C)C)C(=O)NNS(C)(=O)=O. The first-order chi connectivity index (χ1) is 11.1. The van der Waals surface area contributed by atoms with E-state index in [0.29, 0.717) is 0 Å². The van der Waals surface area contributed by atoms with Crippen molar-refractivity contribution in [3.63, 3.8) is 0 Å². The van der Waals surface area contributed by atoms with Crippen LogP contribution in [0.4, 0.5) is 4.79 Å². The predicted molar refractivity (Wildman–Crippen MR) is 93.9 cm³/mol. The van der Waals surface area contributed by atoms with E-state index in [0.717, 1.165) is 6.26 Å². The maximum absolute atomic E-state index is 12.1. The Hall–Kier alpha value is -1.39. The van der Waals surface area contributed by atoms with E-state index in [4.69, 9.17) is 4.74 Å². The molecule has 0 saturated heterocycles. The lowest BCUT2D eigenvalue weighted by atomic mass is 9.88. The van der Waals surface area contributed by atoms with Gasteiger partial charge in [-0.05, 0) is 40.0 Å². The molecule has 148 valence electrons. The van der Waals surface area contributed by atoms with Crippen molar-refractivity contribution in [2.45, 2.75) is 65.7 Å². The number of aliphatic hydroxyl groups is 1. The van der Waals surface area contributed by atoms with Gasteiger partial charge < -0.3 is 15.2 Å². The van der Waals surface area contributed by atoms with Gasteiger partial charge in [0.25, 0.3) is 0 Å². The van der Waals surface area contributed by atoms with E-state index >= 15 is 0 Å². The van der Waals surface area contributed by atoms with Crippen molar-refractivity contribution in [2.24, 2.45) is 11.8 Å². The molecule has 0 aliphatic carbocycles. The molecule has 0 aromatic carbocycles. The van der Waals surface area contributed by atoms with E-state index in [2.05, 4.69) is 10.7 Å². The van der Waals surface area contributed by atoms with Crippen molar-refractivity contribution >= 4 is 22.0 Å². The van der Waals surface area contributed by atoms with Gasteiger partial charge in [-0.3, -0.25) is 10.2 Å². The molecule has 0 aliphatic heterocycles. The van der Waals surface area contributed by atoms with Gasteiger partial charge in [-0.2, -0.15) is 0 Å². The minimum atomic E-state index is -3.57. The first-order valence-electron chi connectivity index (χ1n) is 8.06. The minimum Gasteiger partial charge on any atom is -0.444 e. The van der Waals surface area contributed by atoms with Gasteiger partial charge in [0.15, 0.2) is 0 Å². The number of ether oxygens (including phenoxy) is 1. The molecule has 0 unspecified atom stereocenters. The Morgan fingerprint density at radius 1 is 1.16 bits per heavy atom. The fourth-order valence-corrected chi connectivity index (χ4v) is 2.26. The average molecular weight is 381 g/mol. The summed E-state index contributed by atoms with van der Waals surface area (Å²) in [7, 11) is -3.57. The highest BCUT2D eigenvalue weighted by molar-refractivity contribution is 7.88. The molecule has 0 spiro atoms. The van der Waals surface area contributed by atoms with Crippen LogP contribution in [-0.4, -0.2) is 49.5 Å². The van der Waals surface area contributed by atoms with Gasteiger partial charge in [-0.25, -0.2) is 13.2 Å². The summed E-state index contributed by atoms with van der Waals surface area (Å²) < 4.78 is 27.2. The van der Waals surface area contributed by atoms with Gasteiger partial charge in [0.2, 0.25) is 15.9 Å². The van der Waals surface area contributed by atoms with E-state index < -0.39 is 45.7 Å². The molecule has 0 bridgehead atoms. The van der Waals surface area contributed by atoms with Crippen LogP contribution in [0.2, 0.25) is 0 Å². The third-order valence-corrected chi connectivity index (χ3v) is 3.79. The number of hydrogen-bond acceptors (Lipinski definition) is 6. The second-order valence-electron chi connectivity index (χ2n) is 7.45. The molecule has 0 aromatic rings. The highest BCUT2D eigenvalue weighted by atomic mass is 32.2. The molecule has 0 saturated carbocycles. The first kappa shape index (κ1) is 23.6. The molecule has 0 rings (SSSR count). The minimum absolute atomic E-state index is 0.0475. The van der Waals surface area contributed by atoms with Gasteiger partial charge in [0, 0.05) is 5.92 Å². The number of nitrogens with one attached hydrogen (secondary N) is 3. The van der Waals surface area contributed by atoms with Gasteiger partial charge in [-0.15, -0.1) is 4.83 Å². The summed E-state index contributed by atoms with van der Waals surface area (Å²) in [5.74, 6) is -1.35. The van der Waals surface area contributed by atoms with Crippen molar-refractivity contribution in [3.05, 3.63) is 0 Å². The zero-order valence-electron chi connectivity index (χ0n) is 15.9. The third kappa shape index (κ3) is 11.0. The van der Waals surface area contributed by atoms with E-state index in [1.807, 2.05) is 4.83 Å². The van der Waals surface area contributed by atoms with Crippen molar-refractivity contribution in [2.75, 3.05) is 6.26 Å². The number of hydrogen-bond donors (Lipinski definition) is 4. The zero-order valence-corrected chi connectivity index (χ0v) is 16.7. The van der Waals surface area contributed by atoms with Gasteiger partial charge in [0.1, 0.15) is 5.60 Å². The van der Waals surface area contributed by atoms with Crippen molar-refractivity contribution in [1.29, 1.82) is 0 Å². The number of carbonyl (C=O) groups excluding carboxylic acids is 2. The largest absolute Gasteiger partial charge is 0.444 e. The summed E-state index contributed by atoms with van der Waals surface area (Å²) in [6.45, 7) is 10.3. The number of rotatable bonds is 8. The van der Waals surface area contributed by atoms with Crippen LogP contribution in [-0.2, 0) is 19.6 Å². The second-order valence-corrected chi connectivity index (χ2v) is 9.20. The van der Waals surface area contributed by atoms with Crippen LogP contribution < -0.4 is 15.6 Å². The third-order valence-electron chi connectivity index (χ3n) is 3.32. The molecule has 3 atom stereocenters. The highest BCUT2D eigenvalue weighted by Crippen LogP contribution is 2.19. The number of sulfonamides is 1. The summed E-state index contributed by atoms with van der Waals surface area (Å²) in [4.78, 5) is 25.8. The topological polar surface area (TPSA) is 134 Å². The van der Waals surface area contributed by atoms with Crippen LogP contribution in [0.25, 0.3) is 0 Å². The molecular weight excluding hydrogens is 350 g/mol.